The van der Waals surface area contributed by atoms with Crippen molar-refractivity contribution in [2.75, 3.05) is 20.2 Å². The van der Waals surface area contributed by atoms with E-state index in [1.54, 1.807) is 60.7 Å². The minimum atomic E-state index is -1.36. The van der Waals surface area contributed by atoms with Crippen molar-refractivity contribution in [3.05, 3.63) is 71.8 Å². The molecule has 1 aliphatic rings. The summed E-state index contributed by atoms with van der Waals surface area (Å²) >= 11 is 0. The summed E-state index contributed by atoms with van der Waals surface area (Å²) < 4.78 is 15.4. The zero-order chi connectivity index (χ0) is 20.8. The number of amides is 1. The monoisotopic (exact) mass is 397 g/mol. The molecule has 150 valence electrons. The van der Waals surface area contributed by atoms with Gasteiger partial charge in [-0.2, -0.15) is 0 Å². The van der Waals surface area contributed by atoms with Crippen LogP contribution in [-0.4, -0.2) is 61.1 Å². The van der Waals surface area contributed by atoms with Gasteiger partial charge in [0.15, 0.2) is 6.10 Å². The van der Waals surface area contributed by atoms with Crippen LogP contribution in [0.1, 0.15) is 20.7 Å². The minimum Gasteiger partial charge on any atom is -0.468 e. The zero-order valence-electron chi connectivity index (χ0n) is 15.6. The van der Waals surface area contributed by atoms with Crippen LogP contribution in [0, 0.1) is 0 Å². The molecule has 8 heteroatoms. The maximum Gasteiger partial charge on any atom is 0.339 e. The smallest absolute Gasteiger partial charge is 0.339 e. The van der Waals surface area contributed by atoms with E-state index in [0.717, 1.165) is 4.90 Å². The summed E-state index contributed by atoms with van der Waals surface area (Å²) in [5.41, 5.74) is 0.541. The Balaban J connectivity index is 1.78. The molecule has 0 spiro atoms. The van der Waals surface area contributed by atoms with Crippen molar-refractivity contribution in [1.29, 1.82) is 0 Å². The van der Waals surface area contributed by atoms with Crippen LogP contribution < -0.4 is 0 Å². The van der Waals surface area contributed by atoms with Gasteiger partial charge in [-0.3, -0.25) is 9.59 Å². The molecule has 8 nitrogen and oxygen atoms in total. The Kier molecular flexibility index (Phi) is 6.23. The second-order valence-electron chi connectivity index (χ2n) is 6.30. The number of rotatable bonds is 6. The number of carbonyl (C=O) groups is 4. The lowest BCUT2D eigenvalue weighted by Crippen LogP contribution is -2.37. The standard InChI is InChI=1S/C21H19NO7/c1-27-17(23)13-22-12-16(28-20(25)14-8-4-2-5-9-14)18(19(22)24)29-21(26)15-10-6-3-7-11-15/h2-11,16,18H,12-13H2,1H3/t16-,18-/m0/s1. The summed E-state index contributed by atoms with van der Waals surface area (Å²) in [5.74, 6) is -2.67. The minimum absolute atomic E-state index is 0.0980. The Hall–Kier alpha value is -3.68. The predicted octanol–water partition coefficient (Wildman–Crippen LogP) is 1.45. The molecule has 29 heavy (non-hydrogen) atoms. The lowest BCUT2D eigenvalue weighted by atomic mass is 10.2. The van der Waals surface area contributed by atoms with Gasteiger partial charge >= 0.3 is 17.9 Å². The van der Waals surface area contributed by atoms with Gasteiger partial charge < -0.3 is 19.1 Å². The summed E-state index contributed by atoms with van der Waals surface area (Å²) in [5, 5.41) is 0. The Morgan fingerprint density at radius 3 is 1.93 bits per heavy atom. The van der Waals surface area contributed by atoms with Crippen LogP contribution in [0.3, 0.4) is 0 Å². The van der Waals surface area contributed by atoms with E-state index in [0.29, 0.717) is 5.56 Å². The third kappa shape index (κ3) is 4.78. The van der Waals surface area contributed by atoms with Crippen molar-refractivity contribution < 1.29 is 33.4 Å². The number of likely N-dealkylation sites (tertiary alicyclic amines) is 1. The molecule has 1 aliphatic heterocycles. The molecule has 0 unspecified atom stereocenters. The number of benzene rings is 2. The molecular formula is C21H19NO7. The number of ether oxygens (including phenoxy) is 3. The molecule has 0 radical (unpaired) electrons. The molecule has 0 aromatic heterocycles. The van der Waals surface area contributed by atoms with Gasteiger partial charge in [-0.25, -0.2) is 9.59 Å². The number of hydrogen-bond donors (Lipinski definition) is 0. The first-order valence-corrected chi connectivity index (χ1v) is 8.87. The number of methoxy groups -OCH3 is 1. The zero-order valence-corrected chi connectivity index (χ0v) is 15.6. The fourth-order valence-corrected chi connectivity index (χ4v) is 2.87. The summed E-state index contributed by atoms with van der Waals surface area (Å²) in [6.07, 6.45) is -2.42. The lowest BCUT2D eigenvalue weighted by Gasteiger charge is -2.18. The maximum absolute atomic E-state index is 12.7. The average molecular weight is 397 g/mol. The number of carbonyl (C=O) groups excluding carboxylic acids is 4. The molecular weight excluding hydrogens is 378 g/mol. The van der Waals surface area contributed by atoms with Crippen molar-refractivity contribution >= 4 is 23.8 Å². The van der Waals surface area contributed by atoms with Crippen LogP contribution in [0.4, 0.5) is 0 Å². The van der Waals surface area contributed by atoms with E-state index >= 15 is 0 Å². The maximum atomic E-state index is 12.7. The van der Waals surface area contributed by atoms with Crippen molar-refractivity contribution in [3.8, 4) is 0 Å². The fraction of sp³-hybridized carbons (Fsp3) is 0.238. The molecule has 1 fully saturated rings. The number of esters is 3. The second kappa shape index (κ2) is 9.01. The van der Waals surface area contributed by atoms with E-state index in [-0.39, 0.29) is 18.7 Å². The van der Waals surface area contributed by atoms with Crippen molar-refractivity contribution in [3.63, 3.8) is 0 Å². The van der Waals surface area contributed by atoms with Crippen LogP contribution in [0.25, 0.3) is 0 Å². The summed E-state index contributed by atoms with van der Waals surface area (Å²) in [7, 11) is 1.20. The van der Waals surface area contributed by atoms with Crippen LogP contribution in [-0.2, 0) is 23.8 Å². The van der Waals surface area contributed by atoms with Crippen molar-refractivity contribution in [1.82, 2.24) is 4.90 Å². The van der Waals surface area contributed by atoms with Crippen LogP contribution in [0.15, 0.2) is 60.7 Å². The van der Waals surface area contributed by atoms with E-state index in [1.807, 2.05) is 0 Å². The third-order valence-corrected chi connectivity index (χ3v) is 4.35. The van der Waals surface area contributed by atoms with E-state index in [9.17, 15) is 19.2 Å². The normalized spacial score (nSPS) is 18.2. The fourth-order valence-electron chi connectivity index (χ4n) is 2.87. The first-order valence-electron chi connectivity index (χ1n) is 8.87. The lowest BCUT2D eigenvalue weighted by molar-refractivity contribution is -0.147. The van der Waals surface area contributed by atoms with Gasteiger partial charge in [0.25, 0.3) is 5.91 Å². The average Bonchev–Trinajstić information content (AvgIpc) is 3.03. The van der Waals surface area contributed by atoms with Gasteiger partial charge in [-0.15, -0.1) is 0 Å². The Bertz CT molecular complexity index is 898. The second-order valence-corrected chi connectivity index (χ2v) is 6.30. The molecule has 2 aromatic carbocycles. The summed E-state index contributed by atoms with van der Waals surface area (Å²) in [6.45, 7) is -0.437. The third-order valence-electron chi connectivity index (χ3n) is 4.35. The van der Waals surface area contributed by atoms with Crippen LogP contribution >= 0.6 is 0 Å². The Labute approximate surface area is 167 Å². The molecule has 0 aliphatic carbocycles. The molecule has 1 saturated heterocycles. The first-order chi connectivity index (χ1) is 14.0. The number of hydrogen-bond acceptors (Lipinski definition) is 7. The van der Waals surface area contributed by atoms with Gasteiger partial charge in [0, 0.05) is 0 Å². The molecule has 1 heterocycles. The van der Waals surface area contributed by atoms with Gasteiger partial charge in [0.05, 0.1) is 24.8 Å². The van der Waals surface area contributed by atoms with E-state index in [4.69, 9.17) is 9.47 Å². The van der Waals surface area contributed by atoms with E-state index < -0.39 is 36.0 Å². The number of nitrogens with zero attached hydrogens (tertiary/aromatic N) is 1. The van der Waals surface area contributed by atoms with E-state index in [1.165, 1.54) is 7.11 Å². The summed E-state index contributed by atoms with van der Waals surface area (Å²) in [4.78, 5) is 50.2. The van der Waals surface area contributed by atoms with Gasteiger partial charge in [0.2, 0.25) is 6.10 Å². The highest BCUT2D eigenvalue weighted by molar-refractivity contribution is 5.95. The molecule has 1 amide bonds. The highest BCUT2D eigenvalue weighted by Gasteiger charge is 2.46. The SMILES string of the molecule is COC(=O)CN1C[C@H](OC(=O)c2ccccc2)[C@H](OC(=O)c2ccccc2)C1=O. The highest BCUT2D eigenvalue weighted by Crippen LogP contribution is 2.21. The van der Waals surface area contributed by atoms with Gasteiger partial charge in [0.1, 0.15) is 6.54 Å². The predicted molar refractivity (Wildman–Crippen MR) is 99.9 cm³/mol. The highest BCUT2D eigenvalue weighted by atomic mass is 16.6. The van der Waals surface area contributed by atoms with Gasteiger partial charge in [-0.05, 0) is 24.3 Å². The van der Waals surface area contributed by atoms with Gasteiger partial charge in [-0.1, -0.05) is 36.4 Å². The largest absolute Gasteiger partial charge is 0.468 e. The quantitative estimate of drug-likeness (QED) is 0.537. The molecule has 0 bridgehead atoms. The Morgan fingerprint density at radius 1 is 0.897 bits per heavy atom. The summed E-state index contributed by atoms with van der Waals surface area (Å²) in [6, 6.07) is 16.4. The molecule has 0 N–H and O–H groups in total. The molecule has 2 atom stereocenters. The topological polar surface area (TPSA) is 99.2 Å². The van der Waals surface area contributed by atoms with Crippen LogP contribution in [0.5, 0.6) is 0 Å². The van der Waals surface area contributed by atoms with E-state index in [2.05, 4.69) is 4.74 Å². The van der Waals surface area contributed by atoms with Crippen molar-refractivity contribution in [2.45, 2.75) is 12.2 Å². The van der Waals surface area contributed by atoms with Crippen LogP contribution in [0.2, 0.25) is 0 Å². The Morgan fingerprint density at radius 2 is 1.41 bits per heavy atom. The molecule has 2 aromatic rings. The van der Waals surface area contributed by atoms with Crippen molar-refractivity contribution in [2.24, 2.45) is 0 Å². The molecule has 0 saturated carbocycles. The first kappa shape index (κ1) is 20.1. The molecule has 3 rings (SSSR count).